The maximum atomic E-state index is 12.5. The van der Waals surface area contributed by atoms with Gasteiger partial charge >= 0.3 is 15.6 Å². The Kier molecular flexibility index (Phi) is 7.45. The number of hydrogen-bond acceptors (Lipinski definition) is 6. The predicted octanol–water partition coefficient (Wildman–Crippen LogP) is 4.23. The second-order valence-electron chi connectivity index (χ2n) is 5.79. The van der Waals surface area contributed by atoms with Crippen LogP contribution in [0.2, 0.25) is 5.02 Å². The van der Waals surface area contributed by atoms with Crippen molar-refractivity contribution in [1.82, 2.24) is 5.06 Å². The van der Waals surface area contributed by atoms with Crippen molar-refractivity contribution < 1.29 is 30.6 Å². The van der Waals surface area contributed by atoms with Gasteiger partial charge < -0.3 is 4.18 Å². The monoisotopic (exact) mass is 463 g/mol. The Hall–Kier alpha value is -2.63. The van der Waals surface area contributed by atoms with Gasteiger partial charge in [-0.1, -0.05) is 23.7 Å². The third kappa shape index (κ3) is 5.94. The van der Waals surface area contributed by atoms with E-state index in [9.17, 15) is 21.6 Å². The number of amidine groups is 1. The van der Waals surface area contributed by atoms with Crippen molar-refractivity contribution in [2.45, 2.75) is 12.4 Å². The van der Waals surface area contributed by atoms with E-state index < -0.39 is 21.4 Å². The van der Waals surface area contributed by atoms with Gasteiger partial charge in [-0.25, -0.2) is 5.06 Å². The maximum Gasteiger partial charge on any atom is 0.534 e. The number of hydroxylamine groups is 2. The molecule has 2 aromatic carbocycles. The summed E-state index contributed by atoms with van der Waals surface area (Å²) in [5, 5.41) is 10.2. The van der Waals surface area contributed by atoms with Gasteiger partial charge in [0.2, 0.25) is 0 Å². The summed E-state index contributed by atoms with van der Waals surface area (Å²) in [5.74, 6) is -0.0643. The summed E-state index contributed by atoms with van der Waals surface area (Å²) in [6.07, 6.45) is 0. The molecule has 0 aliphatic rings. The zero-order valence-electron chi connectivity index (χ0n) is 16.0. The van der Waals surface area contributed by atoms with Crippen LogP contribution < -0.4 is 4.18 Å². The van der Waals surface area contributed by atoms with E-state index in [1.807, 2.05) is 0 Å². The average Bonchev–Trinajstić information content (AvgIpc) is 2.68. The molecule has 0 radical (unpaired) electrons. The molecule has 30 heavy (non-hydrogen) atoms. The molecule has 0 aromatic heterocycles. The summed E-state index contributed by atoms with van der Waals surface area (Å²) in [4.78, 5) is 5.01. The zero-order chi connectivity index (χ0) is 22.5. The molecule has 0 N–H and O–H groups in total. The normalized spacial score (nSPS) is 13.3. The molecule has 0 fully saturated rings. The van der Waals surface area contributed by atoms with E-state index in [0.717, 1.165) is 12.1 Å². The number of benzene rings is 2. The van der Waals surface area contributed by atoms with Crippen LogP contribution in [0.15, 0.2) is 58.7 Å². The van der Waals surface area contributed by atoms with E-state index in [-0.39, 0.29) is 0 Å². The van der Waals surface area contributed by atoms with Gasteiger partial charge in [-0.05, 0) is 43.3 Å². The lowest BCUT2D eigenvalue weighted by atomic mass is 10.0. The summed E-state index contributed by atoms with van der Waals surface area (Å²) in [5.41, 5.74) is -4.10. The van der Waals surface area contributed by atoms with Crippen LogP contribution in [0.4, 0.5) is 13.2 Å². The summed E-state index contributed by atoms with van der Waals surface area (Å²) >= 11 is 5.91. The molecule has 0 heterocycles. The van der Waals surface area contributed by atoms with Crippen LogP contribution in [0.1, 0.15) is 18.1 Å². The Morgan fingerprint density at radius 1 is 1.00 bits per heavy atom. The number of nitrogens with zero attached hydrogens (tertiary/aromatic N) is 3. The Labute approximate surface area is 176 Å². The Balaban J connectivity index is 2.43. The first-order valence-electron chi connectivity index (χ1n) is 8.22. The molecule has 2 rings (SSSR count). The smallest absolute Gasteiger partial charge is 0.376 e. The number of rotatable bonds is 6. The van der Waals surface area contributed by atoms with Gasteiger partial charge in [0.05, 0.1) is 7.11 Å². The van der Waals surface area contributed by atoms with Crippen LogP contribution in [-0.4, -0.2) is 44.7 Å². The standard InChI is InChI=1S/C18H17ClF3N3O4S/c1-12(25(2)28-3)23-24-17(13-4-8-15(19)9-5-13)14-6-10-16(11-7-14)29-30(26,27)18(20,21)22/h4-11H,1-3H3. The van der Waals surface area contributed by atoms with E-state index in [4.69, 9.17) is 16.4 Å². The quantitative estimate of drug-likeness (QED) is 0.210. The molecule has 162 valence electrons. The van der Waals surface area contributed by atoms with Gasteiger partial charge in [-0.15, -0.1) is 10.2 Å². The lowest BCUT2D eigenvalue weighted by molar-refractivity contribution is -0.0500. The van der Waals surface area contributed by atoms with Crippen molar-refractivity contribution in [3.8, 4) is 5.75 Å². The number of hydrogen-bond donors (Lipinski definition) is 0. The first kappa shape index (κ1) is 23.6. The van der Waals surface area contributed by atoms with Crippen molar-refractivity contribution in [1.29, 1.82) is 0 Å². The molecule has 0 aliphatic heterocycles. The summed E-state index contributed by atoms with van der Waals surface area (Å²) in [6.45, 7) is 1.66. The van der Waals surface area contributed by atoms with Crippen molar-refractivity contribution in [2.24, 2.45) is 10.2 Å². The Morgan fingerprint density at radius 2 is 1.50 bits per heavy atom. The Bertz CT molecular complexity index is 1040. The van der Waals surface area contributed by atoms with Crippen molar-refractivity contribution in [2.75, 3.05) is 14.2 Å². The van der Waals surface area contributed by atoms with E-state index in [1.165, 1.54) is 24.3 Å². The lowest BCUT2D eigenvalue weighted by Crippen LogP contribution is -2.28. The molecule has 0 saturated carbocycles. The maximum absolute atomic E-state index is 12.5. The topological polar surface area (TPSA) is 80.6 Å². The Morgan fingerprint density at radius 3 is 1.97 bits per heavy atom. The van der Waals surface area contributed by atoms with Crippen LogP contribution in [0.5, 0.6) is 5.75 Å². The highest BCUT2D eigenvalue weighted by molar-refractivity contribution is 7.88. The molecule has 0 spiro atoms. The predicted molar refractivity (Wildman–Crippen MR) is 107 cm³/mol. The van der Waals surface area contributed by atoms with E-state index in [0.29, 0.717) is 27.7 Å². The zero-order valence-corrected chi connectivity index (χ0v) is 17.6. The largest absolute Gasteiger partial charge is 0.534 e. The van der Waals surface area contributed by atoms with Crippen LogP contribution in [-0.2, 0) is 15.0 Å². The highest BCUT2D eigenvalue weighted by Crippen LogP contribution is 2.27. The number of halogens is 4. The fourth-order valence-electron chi connectivity index (χ4n) is 2.05. The summed E-state index contributed by atoms with van der Waals surface area (Å²) in [6, 6.07) is 11.5. The fraction of sp³-hybridized carbons (Fsp3) is 0.222. The molecule has 0 amide bonds. The van der Waals surface area contributed by atoms with Crippen molar-refractivity contribution in [3.05, 3.63) is 64.7 Å². The molecular formula is C18H17ClF3N3O4S. The molecule has 0 bridgehead atoms. The minimum atomic E-state index is -5.76. The minimum absolute atomic E-state index is 0.362. The molecule has 0 atom stereocenters. The molecular weight excluding hydrogens is 447 g/mol. The van der Waals surface area contributed by atoms with Gasteiger partial charge in [0.15, 0.2) is 0 Å². The minimum Gasteiger partial charge on any atom is -0.376 e. The molecule has 2 aromatic rings. The summed E-state index contributed by atoms with van der Waals surface area (Å²) in [7, 11) is -2.68. The molecule has 0 aliphatic carbocycles. The van der Waals surface area contributed by atoms with Gasteiger partial charge in [0.25, 0.3) is 0 Å². The highest BCUT2D eigenvalue weighted by Gasteiger charge is 2.48. The van der Waals surface area contributed by atoms with Crippen LogP contribution in [0.25, 0.3) is 0 Å². The second kappa shape index (κ2) is 9.45. The van der Waals surface area contributed by atoms with Crippen molar-refractivity contribution in [3.63, 3.8) is 0 Å². The highest BCUT2D eigenvalue weighted by atomic mass is 35.5. The SMILES string of the molecule is CON(C)C(C)=NN=C(c1ccc(Cl)cc1)c1ccc(OS(=O)(=O)C(F)(F)F)cc1. The van der Waals surface area contributed by atoms with Gasteiger partial charge in [-0.2, -0.15) is 21.6 Å². The third-order valence-corrected chi connectivity index (χ3v) is 4.99. The third-order valence-electron chi connectivity index (χ3n) is 3.76. The molecule has 0 unspecified atom stereocenters. The van der Waals surface area contributed by atoms with Crippen LogP contribution in [0, 0.1) is 0 Å². The molecule has 7 nitrogen and oxygen atoms in total. The van der Waals surface area contributed by atoms with Crippen molar-refractivity contribution >= 4 is 33.3 Å². The van der Waals surface area contributed by atoms with Gasteiger partial charge in [0, 0.05) is 23.2 Å². The average molecular weight is 464 g/mol. The number of alkyl halides is 3. The van der Waals surface area contributed by atoms with E-state index in [2.05, 4.69) is 14.4 Å². The van der Waals surface area contributed by atoms with E-state index in [1.54, 1.807) is 38.2 Å². The van der Waals surface area contributed by atoms with Gasteiger partial charge in [-0.3, -0.25) is 4.84 Å². The van der Waals surface area contributed by atoms with Crippen LogP contribution >= 0.6 is 11.6 Å². The molecule has 0 saturated heterocycles. The first-order valence-corrected chi connectivity index (χ1v) is 10.0. The summed E-state index contributed by atoms with van der Waals surface area (Å²) < 4.78 is 63.8. The lowest BCUT2D eigenvalue weighted by Gasteiger charge is -2.13. The molecule has 12 heteroatoms. The van der Waals surface area contributed by atoms with Crippen LogP contribution in [0.3, 0.4) is 0 Å². The van der Waals surface area contributed by atoms with E-state index >= 15 is 0 Å². The first-order chi connectivity index (χ1) is 13.9. The fourth-order valence-corrected chi connectivity index (χ4v) is 2.63. The second-order valence-corrected chi connectivity index (χ2v) is 7.76. The van der Waals surface area contributed by atoms with Gasteiger partial charge in [0.1, 0.15) is 17.3 Å².